The van der Waals surface area contributed by atoms with E-state index in [9.17, 15) is 14.4 Å². The normalized spacial score (nSPS) is 26.7. The molecule has 0 aromatic heterocycles. The predicted molar refractivity (Wildman–Crippen MR) is 84.2 cm³/mol. The Balaban J connectivity index is 1.92. The Bertz CT molecular complexity index is 924. The Morgan fingerprint density at radius 1 is 1.09 bits per heavy atom. The van der Waals surface area contributed by atoms with Crippen LogP contribution in [0.3, 0.4) is 0 Å². The molecular formula is C18H14N2O3. The van der Waals surface area contributed by atoms with Crippen LogP contribution in [0.1, 0.15) is 23.2 Å². The van der Waals surface area contributed by atoms with Crippen LogP contribution >= 0.6 is 0 Å². The van der Waals surface area contributed by atoms with E-state index < -0.39 is 11.9 Å². The molecule has 2 aliphatic heterocycles. The number of carbonyl (C=O) groups excluding carboxylic acids is 3. The molecule has 5 nitrogen and oxygen atoms in total. The van der Waals surface area contributed by atoms with E-state index in [1.165, 1.54) is 4.90 Å². The molecule has 3 aliphatic rings. The van der Waals surface area contributed by atoms with Gasteiger partial charge in [0.25, 0.3) is 5.91 Å². The monoisotopic (exact) mass is 306 g/mol. The molecule has 114 valence electrons. The second kappa shape index (κ2) is 5.05. The van der Waals surface area contributed by atoms with Gasteiger partial charge in [0.2, 0.25) is 11.8 Å². The fourth-order valence-corrected chi connectivity index (χ4v) is 3.30. The second-order valence-corrected chi connectivity index (χ2v) is 5.71. The van der Waals surface area contributed by atoms with Crippen LogP contribution in [0.2, 0.25) is 0 Å². The fraction of sp³-hybridized carbons (Fsp3) is 0.167. The average Bonchev–Trinajstić information content (AvgIpc) is 2.78. The van der Waals surface area contributed by atoms with Gasteiger partial charge in [0, 0.05) is 17.2 Å². The average molecular weight is 306 g/mol. The van der Waals surface area contributed by atoms with Crippen molar-refractivity contribution in [2.75, 3.05) is 0 Å². The standard InChI is InChI=1S/C18H14N2O3/c21-15-10-9-14(17(22)19-15)20-13-8-3-1-2-5-11-6-4-7-12(16(11)13)18(20)23/h1-8,14H,9-10H2,(H,19,21,22)/b2-1+,3-1?,5-2?,8-3-,11-5-,13-8?. The quantitative estimate of drug-likeness (QED) is 0.741. The minimum atomic E-state index is -0.650. The first-order valence-corrected chi connectivity index (χ1v) is 7.52. The van der Waals surface area contributed by atoms with Gasteiger partial charge in [-0.25, -0.2) is 0 Å². The van der Waals surface area contributed by atoms with Crippen molar-refractivity contribution < 1.29 is 14.4 Å². The van der Waals surface area contributed by atoms with Gasteiger partial charge in [-0.2, -0.15) is 0 Å². The lowest BCUT2D eigenvalue weighted by molar-refractivity contribution is -0.136. The molecule has 0 bridgehead atoms. The van der Waals surface area contributed by atoms with Gasteiger partial charge in [-0.1, -0.05) is 36.4 Å². The first-order valence-electron chi connectivity index (χ1n) is 7.52. The molecule has 1 unspecified atom stereocenters. The smallest absolute Gasteiger partial charge is 0.259 e. The van der Waals surface area contributed by atoms with Gasteiger partial charge >= 0.3 is 0 Å². The van der Waals surface area contributed by atoms with Gasteiger partial charge in [-0.05, 0) is 23.8 Å². The van der Waals surface area contributed by atoms with Gasteiger partial charge in [0.15, 0.2) is 0 Å². The highest BCUT2D eigenvalue weighted by atomic mass is 16.2. The maximum absolute atomic E-state index is 12.9. The first kappa shape index (κ1) is 13.7. The highest BCUT2D eigenvalue weighted by Gasteiger charge is 2.39. The molecule has 4 rings (SSSR count). The third kappa shape index (κ3) is 2.04. The van der Waals surface area contributed by atoms with Crippen molar-refractivity contribution in [2.24, 2.45) is 0 Å². The third-order valence-electron chi connectivity index (χ3n) is 4.34. The number of hydrogen-bond acceptors (Lipinski definition) is 3. The molecule has 0 saturated carbocycles. The lowest BCUT2D eigenvalue weighted by Crippen LogP contribution is -2.52. The summed E-state index contributed by atoms with van der Waals surface area (Å²) in [5.74, 6) is -0.886. The molecule has 1 fully saturated rings. The number of hydrogen-bond donors (Lipinski definition) is 1. The molecule has 0 spiro atoms. The molecule has 1 aromatic carbocycles. The predicted octanol–water partition coefficient (Wildman–Crippen LogP) is -0.0377. The fourth-order valence-electron chi connectivity index (χ4n) is 3.30. The van der Waals surface area contributed by atoms with Crippen molar-refractivity contribution in [3.8, 4) is 0 Å². The van der Waals surface area contributed by atoms with Gasteiger partial charge in [0.1, 0.15) is 6.04 Å². The molecule has 1 atom stereocenters. The van der Waals surface area contributed by atoms with Crippen molar-refractivity contribution in [3.63, 3.8) is 0 Å². The molecule has 2 heterocycles. The molecular weight excluding hydrogens is 292 g/mol. The van der Waals surface area contributed by atoms with Crippen molar-refractivity contribution in [1.82, 2.24) is 10.2 Å². The number of piperidine rings is 1. The summed E-state index contributed by atoms with van der Waals surface area (Å²) in [6.07, 6.45) is 10.0. The number of benzene rings is 1. The molecule has 1 aliphatic carbocycles. The third-order valence-corrected chi connectivity index (χ3v) is 4.34. The van der Waals surface area contributed by atoms with E-state index in [0.29, 0.717) is 12.0 Å². The highest BCUT2D eigenvalue weighted by molar-refractivity contribution is 6.09. The zero-order chi connectivity index (χ0) is 16.0. The molecule has 3 amide bonds. The number of amides is 3. The van der Waals surface area contributed by atoms with E-state index in [4.69, 9.17) is 0 Å². The number of rotatable bonds is 1. The van der Waals surface area contributed by atoms with Crippen LogP contribution in [0.4, 0.5) is 0 Å². The number of nitrogens with one attached hydrogen (secondary N) is 1. The maximum Gasteiger partial charge on any atom is 0.259 e. The van der Waals surface area contributed by atoms with E-state index in [2.05, 4.69) is 5.32 Å². The van der Waals surface area contributed by atoms with E-state index in [1.807, 2.05) is 42.5 Å². The van der Waals surface area contributed by atoms with Crippen LogP contribution in [0.5, 0.6) is 0 Å². The van der Waals surface area contributed by atoms with Crippen LogP contribution in [0.25, 0.3) is 11.8 Å². The number of allylic oxidation sites excluding steroid dienone is 3. The molecule has 1 N–H and O–H groups in total. The highest BCUT2D eigenvalue weighted by Crippen LogP contribution is 2.24. The summed E-state index contributed by atoms with van der Waals surface area (Å²) in [4.78, 5) is 38.0. The summed E-state index contributed by atoms with van der Waals surface area (Å²) >= 11 is 0. The summed E-state index contributed by atoms with van der Waals surface area (Å²) in [6.45, 7) is 0. The van der Waals surface area contributed by atoms with Gasteiger partial charge < -0.3 is 0 Å². The summed E-state index contributed by atoms with van der Waals surface area (Å²) in [5, 5.41) is 4.12. The van der Waals surface area contributed by atoms with E-state index >= 15 is 0 Å². The lowest BCUT2D eigenvalue weighted by Gasteiger charge is -2.30. The zero-order valence-electron chi connectivity index (χ0n) is 12.3. The largest absolute Gasteiger partial charge is 0.295 e. The van der Waals surface area contributed by atoms with Crippen LogP contribution in [-0.4, -0.2) is 28.7 Å². The minimum Gasteiger partial charge on any atom is -0.295 e. The Kier molecular flexibility index (Phi) is 3.01. The maximum atomic E-state index is 12.9. The van der Waals surface area contributed by atoms with Crippen molar-refractivity contribution in [2.45, 2.75) is 18.9 Å². The topological polar surface area (TPSA) is 66.5 Å². The van der Waals surface area contributed by atoms with E-state index in [1.54, 1.807) is 6.07 Å². The molecule has 0 radical (unpaired) electrons. The van der Waals surface area contributed by atoms with E-state index in [-0.39, 0.29) is 18.2 Å². The number of carbonyl (C=O) groups is 3. The zero-order valence-corrected chi connectivity index (χ0v) is 12.3. The molecule has 23 heavy (non-hydrogen) atoms. The minimum absolute atomic E-state index is 0.189. The lowest BCUT2D eigenvalue weighted by atomic mass is 10.0. The van der Waals surface area contributed by atoms with E-state index in [0.717, 1.165) is 16.1 Å². The van der Waals surface area contributed by atoms with Gasteiger partial charge in [-0.3, -0.25) is 24.6 Å². The summed E-state index contributed by atoms with van der Waals surface area (Å²) in [7, 11) is 0. The summed E-state index contributed by atoms with van der Waals surface area (Å²) < 4.78 is 0. The summed E-state index contributed by atoms with van der Waals surface area (Å²) in [6, 6.07) is 4.92. The van der Waals surface area contributed by atoms with Crippen molar-refractivity contribution in [3.05, 3.63) is 58.5 Å². The Morgan fingerprint density at radius 3 is 2.78 bits per heavy atom. The number of imide groups is 1. The Labute approximate surface area is 132 Å². The SMILES string of the molecule is O=C1CCC(N2C(=O)c3ccc\c4c3=C2\C=C/C=C/C=4)C(=O)N1. The summed E-state index contributed by atoms with van der Waals surface area (Å²) in [5.41, 5.74) is 1.31. The molecule has 1 saturated heterocycles. The Hall–Kier alpha value is -2.95. The van der Waals surface area contributed by atoms with Gasteiger partial charge in [-0.15, -0.1) is 0 Å². The molecule has 1 aromatic rings. The van der Waals surface area contributed by atoms with Crippen LogP contribution < -0.4 is 15.8 Å². The van der Waals surface area contributed by atoms with Gasteiger partial charge in [0.05, 0.1) is 5.70 Å². The van der Waals surface area contributed by atoms with Crippen molar-refractivity contribution in [1.29, 1.82) is 0 Å². The second-order valence-electron chi connectivity index (χ2n) is 5.71. The van der Waals surface area contributed by atoms with Crippen LogP contribution in [0, 0.1) is 0 Å². The van der Waals surface area contributed by atoms with Crippen molar-refractivity contribution >= 4 is 29.5 Å². The Morgan fingerprint density at radius 2 is 1.96 bits per heavy atom. The number of nitrogens with zero attached hydrogens (tertiary/aromatic N) is 1. The first-order chi connectivity index (χ1) is 11.2. The van der Waals surface area contributed by atoms with Crippen LogP contribution in [0.15, 0.2) is 42.5 Å². The van der Waals surface area contributed by atoms with Crippen LogP contribution in [-0.2, 0) is 9.59 Å². The molecule has 5 heteroatoms.